The molecule has 0 saturated heterocycles. The minimum Gasteiger partial charge on any atom is -0.507 e. The van der Waals surface area contributed by atoms with E-state index in [2.05, 4.69) is 51.7 Å². The lowest BCUT2D eigenvalue weighted by Gasteiger charge is -2.38. The predicted molar refractivity (Wildman–Crippen MR) is 283 cm³/mol. The van der Waals surface area contributed by atoms with Gasteiger partial charge in [0, 0.05) is 84.4 Å². The molecule has 11 heteroatoms. The number of aromatic amines is 2. The van der Waals surface area contributed by atoms with Crippen LogP contribution in [-0.4, -0.2) is 78.0 Å². The van der Waals surface area contributed by atoms with Crippen LogP contribution in [0.2, 0.25) is 0 Å². The van der Waals surface area contributed by atoms with Gasteiger partial charge in [-0.05, 0) is 139 Å². The summed E-state index contributed by atoms with van der Waals surface area (Å²) in [4.78, 5) is 37.3. The van der Waals surface area contributed by atoms with E-state index in [-0.39, 0.29) is 79.8 Å². The minimum absolute atomic E-state index is 0.0212. The van der Waals surface area contributed by atoms with Gasteiger partial charge in [-0.15, -0.1) is 0 Å². The molecule has 8 N–H and O–H groups in total. The Labute approximate surface area is 426 Å². The number of aromatic nitrogens is 2. The summed E-state index contributed by atoms with van der Waals surface area (Å²) in [5, 5.41) is 61.6. The van der Waals surface area contributed by atoms with Crippen molar-refractivity contribution in [1.29, 1.82) is 0 Å². The molecule has 0 amide bonds. The van der Waals surface area contributed by atoms with Crippen molar-refractivity contribution in [2.24, 2.45) is 11.8 Å². The number of phenolic OH excluding ortho intramolecular Hbond substituents is 2. The van der Waals surface area contributed by atoms with Gasteiger partial charge in [-0.3, -0.25) is 9.59 Å². The molecule has 6 aromatic rings. The van der Waals surface area contributed by atoms with Crippen LogP contribution in [0, 0.1) is 11.8 Å². The third-order valence-electron chi connectivity index (χ3n) is 16.4. The Morgan fingerprint density at radius 3 is 2.45 bits per heavy atom. The normalized spacial score (nSPS) is 24.4. The predicted octanol–water partition coefficient (Wildman–Crippen LogP) is 10.1. The van der Waals surface area contributed by atoms with Gasteiger partial charge in [-0.1, -0.05) is 91.0 Å². The number of nitrogens with one attached hydrogen (secondary N) is 3. The Balaban J connectivity index is 1.01. The summed E-state index contributed by atoms with van der Waals surface area (Å²) in [5.74, 6) is -2.31. The van der Waals surface area contributed by atoms with Gasteiger partial charge in [0.25, 0.3) is 0 Å². The van der Waals surface area contributed by atoms with Crippen LogP contribution in [0.4, 0.5) is 5.82 Å². The Hall–Kier alpha value is -6.92. The van der Waals surface area contributed by atoms with Crippen molar-refractivity contribution in [3.8, 4) is 17.2 Å². The molecule has 2 aromatic heterocycles. The monoisotopic (exact) mass is 979 g/mol. The maximum absolute atomic E-state index is 15.7. The van der Waals surface area contributed by atoms with Crippen molar-refractivity contribution >= 4 is 29.5 Å². The SMILES string of the molecule is O=C1CCc2cc(c(O)c(OC3CCCC3)c2)Cc2ccc3c(c2)[C@H](C=C[C@H]3[C@H](O)Cc2ccccc2)c2cc[nH]c2NCC2=Cc3[nH]ccc3[C@H](C[C@]3(O)C=Cc4c(O)cccc4CC3)[C@@H]2C(=O)[C@H]1CCO. The molecule has 4 aliphatic carbocycles. The van der Waals surface area contributed by atoms with E-state index < -0.39 is 29.5 Å². The number of carbonyl (C=O) groups excluding carboxylic acids is 2. The molecule has 0 spiro atoms. The van der Waals surface area contributed by atoms with Crippen LogP contribution in [0.3, 0.4) is 0 Å². The third-order valence-corrected chi connectivity index (χ3v) is 16.4. The Morgan fingerprint density at radius 2 is 1.62 bits per heavy atom. The summed E-state index contributed by atoms with van der Waals surface area (Å²) < 4.78 is 6.53. The summed E-state index contributed by atoms with van der Waals surface area (Å²) in [6.45, 7) is -0.141. The number of aromatic hydroxyl groups is 2. The molecule has 1 saturated carbocycles. The van der Waals surface area contributed by atoms with E-state index in [4.69, 9.17) is 4.74 Å². The standard InChI is InChI=1S/C62H65N3O8/c66-28-23-50-55(68)18-14-39-30-41(59(70)57(33-39)73-43-10-4-5-11-43)29-38-13-15-45-48(56(69)32-37-7-2-1-3-8-37)17-16-46(51(45)31-38)49-22-27-64-61(49)65-36-42-34-53-47(21-26-63-53)52(58(42)60(50)71)35-62(72)24-19-40-9-6-12-54(67)44(40)20-25-62/h1-3,6-9,12-13,15-17,20-22,25-27,30-31,33-34,43,46,48,50,52,56,58,63-67,69-70,72H,4-5,10-11,14,18-19,23-24,28-29,32,35-36H2/t46-,48-,50+,52+,56-,58-,62-/m1/s1. The molecule has 3 heterocycles. The highest BCUT2D eigenvalue weighted by Gasteiger charge is 2.45. The highest BCUT2D eigenvalue weighted by molar-refractivity contribution is 6.05. The van der Waals surface area contributed by atoms with E-state index in [0.717, 1.165) is 87.3 Å². The fraction of sp³-hybridized carbons (Fsp3) is 0.355. The zero-order chi connectivity index (χ0) is 50.2. The fourth-order valence-corrected chi connectivity index (χ4v) is 12.6. The van der Waals surface area contributed by atoms with Crippen LogP contribution >= 0.6 is 0 Å². The van der Waals surface area contributed by atoms with Gasteiger partial charge >= 0.3 is 0 Å². The molecule has 1 fully saturated rings. The van der Waals surface area contributed by atoms with Gasteiger partial charge in [0.1, 0.15) is 17.4 Å². The highest BCUT2D eigenvalue weighted by Crippen LogP contribution is 2.48. The number of phenols is 2. The number of allylic oxidation sites excluding steroid dienone is 1. The largest absolute Gasteiger partial charge is 0.507 e. The van der Waals surface area contributed by atoms with Crippen molar-refractivity contribution in [2.45, 2.75) is 113 Å². The summed E-state index contributed by atoms with van der Waals surface area (Å²) in [5.41, 5.74) is 9.12. The molecule has 1 aliphatic heterocycles. The van der Waals surface area contributed by atoms with Crippen LogP contribution in [0.5, 0.6) is 17.2 Å². The second kappa shape index (κ2) is 20.5. The second-order valence-corrected chi connectivity index (χ2v) is 21.1. The molecule has 11 nitrogen and oxygen atoms in total. The quantitative estimate of drug-likeness (QED) is 0.0515. The van der Waals surface area contributed by atoms with Gasteiger partial charge in [-0.25, -0.2) is 0 Å². The van der Waals surface area contributed by atoms with Gasteiger partial charge < -0.3 is 45.6 Å². The van der Waals surface area contributed by atoms with Crippen molar-refractivity contribution in [3.05, 3.63) is 189 Å². The van der Waals surface area contributed by atoms with Crippen molar-refractivity contribution in [2.75, 3.05) is 18.5 Å². The number of ketones is 2. The van der Waals surface area contributed by atoms with Gasteiger partial charge in [-0.2, -0.15) is 0 Å². The molecule has 5 aliphatic rings. The number of H-pyrrole nitrogens is 2. The number of fused-ring (bicyclic) bond motifs is 8. The first kappa shape index (κ1) is 48.4. The first-order valence-corrected chi connectivity index (χ1v) is 26.3. The zero-order valence-electron chi connectivity index (χ0n) is 41.1. The number of carbonyl (C=O) groups is 2. The zero-order valence-corrected chi connectivity index (χ0v) is 41.1. The number of rotatable bonds is 9. The van der Waals surface area contributed by atoms with Gasteiger partial charge in [0.05, 0.1) is 23.7 Å². The fourth-order valence-electron chi connectivity index (χ4n) is 12.6. The number of aliphatic hydroxyl groups is 3. The summed E-state index contributed by atoms with van der Waals surface area (Å²) >= 11 is 0. The van der Waals surface area contributed by atoms with Crippen LogP contribution in [0.1, 0.15) is 130 Å². The lowest BCUT2D eigenvalue weighted by Crippen LogP contribution is -2.40. The van der Waals surface area contributed by atoms with E-state index in [1.165, 1.54) is 0 Å². The van der Waals surface area contributed by atoms with E-state index in [1.807, 2.05) is 73.1 Å². The average Bonchev–Trinajstić information content (AvgIpc) is 4.18. The van der Waals surface area contributed by atoms with Crippen LogP contribution in [0.25, 0.3) is 12.2 Å². The Bertz CT molecular complexity index is 3100. The molecule has 73 heavy (non-hydrogen) atoms. The van der Waals surface area contributed by atoms with Crippen molar-refractivity contribution < 1.29 is 39.9 Å². The first-order valence-electron chi connectivity index (χ1n) is 26.3. The molecule has 7 atom stereocenters. The van der Waals surface area contributed by atoms with Crippen LogP contribution in [0.15, 0.2) is 127 Å². The minimum atomic E-state index is -1.38. The maximum Gasteiger partial charge on any atom is 0.161 e. The lowest BCUT2D eigenvalue weighted by atomic mass is 9.66. The number of hydrogen-bond acceptors (Lipinski definition) is 9. The number of benzene rings is 4. The number of ether oxygens (including phenoxy) is 1. The molecular weight excluding hydrogens is 915 g/mol. The second-order valence-electron chi connectivity index (χ2n) is 21.1. The maximum atomic E-state index is 15.7. The number of aliphatic hydroxyl groups excluding tert-OH is 2. The molecule has 11 rings (SSSR count). The topological polar surface area (TPSA) is 188 Å². The van der Waals surface area contributed by atoms with E-state index in [0.29, 0.717) is 42.6 Å². The first-order chi connectivity index (χ1) is 35.5. The van der Waals surface area contributed by atoms with Crippen LogP contribution < -0.4 is 10.1 Å². The number of hydrogen-bond donors (Lipinski definition) is 8. The van der Waals surface area contributed by atoms with E-state index in [1.54, 1.807) is 24.3 Å². The summed E-state index contributed by atoms with van der Waals surface area (Å²) in [6.07, 6.45) is 18.9. The van der Waals surface area contributed by atoms with Crippen LogP contribution in [-0.2, 0) is 35.3 Å². The van der Waals surface area contributed by atoms with Gasteiger partial charge in [0.2, 0.25) is 0 Å². The molecule has 4 bridgehead atoms. The smallest absolute Gasteiger partial charge is 0.161 e. The third kappa shape index (κ3) is 9.86. The Kier molecular flexibility index (Phi) is 13.6. The number of anilines is 1. The number of aryl methyl sites for hydroxylation is 2. The summed E-state index contributed by atoms with van der Waals surface area (Å²) in [6, 6.07) is 29.6. The Morgan fingerprint density at radius 1 is 0.795 bits per heavy atom. The average molecular weight is 980 g/mol. The molecule has 0 unspecified atom stereocenters. The summed E-state index contributed by atoms with van der Waals surface area (Å²) in [7, 11) is 0. The molecular formula is C62H65N3O8. The van der Waals surface area contributed by atoms with Gasteiger partial charge in [0.15, 0.2) is 17.3 Å². The molecule has 0 radical (unpaired) electrons. The van der Waals surface area contributed by atoms with Crippen molar-refractivity contribution in [1.82, 2.24) is 9.97 Å². The van der Waals surface area contributed by atoms with E-state index in [9.17, 15) is 30.3 Å². The highest BCUT2D eigenvalue weighted by atomic mass is 16.5. The number of Topliss-reactive ketones (excluding diaryl/α,β-unsaturated/α-hetero) is 2. The molecule has 4 aromatic carbocycles. The molecule has 376 valence electrons. The van der Waals surface area contributed by atoms with Crippen molar-refractivity contribution in [3.63, 3.8) is 0 Å². The lowest BCUT2D eigenvalue weighted by molar-refractivity contribution is -0.135. The van der Waals surface area contributed by atoms with E-state index >= 15 is 4.79 Å².